The van der Waals surface area contributed by atoms with Crippen molar-refractivity contribution in [2.45, 2.75) is 64.2 Å². The predicted octanol–water partition coefficient (Wildman–Crippen LogP) is 2.82. The van der Waals surface area contributed by atoms with Gasteiger partial charge in [0.25, 0.3) is 0 Å². The van der Waals surface area contributed by atoms with E-state index >= 15 is 0 Å². The number of benzene rings is 1. The minimum atomic E-state index is -1.28. The molecule has 0 spiro atoms. The van der Waals surface area contributed by atoms with Gasteiger partial charge in [-0.25, -0.2) is 14.4 Å². The number of hydrogen-bond acceptors (Lipinski definition) is 6. The summed E-state index contributed by atoms with van der Waals surface area (Å²) >= 11 is 0. The molecule has 2 rings (SSSR count). The number of carboxylic acid groups (broad SMARTS) is 1. The molecule has 0 aromatic heterocycles. The number of carboxylic acids is 1. The van der Waals surface area contributed by atoms with E-state index in [0.717, 1.165) is 5.56 Å². The third-order valence-electron chi connectivity index (χ3n) is 4.94. The molecule has 1 saturated heterocycles. The van der Waals surface area contributed by atoms with E-state index in [4.69, 9.17) is 14.6 Å². The van der Waals surface area contributed by atoms with Crippen LogP contribution >= 0.6 is 0 Å². The molecule has 172 valence electrons. The topological polar surface area (TPSA) is 125 Å². The van der Waals surface area contributed by atoms with Crippen molar-refractivity contribution in [3.8, 4) is 0 Å². The zero-order chi connectivity index (χ0) is 23.4. The van der Waals surface area contributed by atoms with Gasteiger partial charge in [-0.15, -0.1) is 0 Å². The molecule has 0 aliphatic carbocycles. The first-order valence-electron chi connectivity index (χ1n) is 10.3. The molecule has 1 aliphatic heterocycles. The molecule has 1 aromatic carbocycles. The SMILES string of the molecule is CC(C)c1ccc(C2(OC(=O)NC(CCO)C(=O)O)CN(C(=O)OC(C)(C)C)C2)cc1. The number of ether oxygens (including phenoxy) is 2. The number of nitrogens with one attached hydrogen (secondary N) is 1. The summed E-state index contributed by atoms with van der Waals surface area (Å²) in [5, 5.41) is 20.5. The molecular formula is C22H32N2O7. The standard InChI is InChI=1S/C22H32N2O7/c1-14(2)15-6-8-16(9-7-15)22(12-24(13-22)20(29)31-21(3,4)5)30-19(28)23-17(10-11-25)18(26)27/h6-9,14,17,25H,10-13H2,1-5H3,(H,23,28)(H,26,27). The lowest BCUT2D eigenvalue weighted by molar-refractivity contribution is -0.140. The number of carbonyl (C=O) groups excluding carboxylic acids is 2. The van der Waals surface area contributed by atoms with Gasteiger partial charge in [-0.05, 0) is 37.8 Å². The van der Waals surface area contributed by atoms with Gasteiger partial charge in [-0.1, -0.05) is 38.1 Å². The highest BCUT2D eigenvalue weighted by Gasteiger charge is 2.51. The lowest BCUT2D eigenvalue weighted by Crippen LogP contribution is -2.64. The molecule has 0 bridgehead atoms. The summed E-state index contributed by atoms with van der Waals surface area (Å²) < 4.78 is 11.0. The fourth-order valence-corrected chi connectivity index (χ4v) is 3.24. The maximum atomic E-state index is 12.5. The largest absolute Gasteiger partial charge is 0.480 e. The van der Waals surface area contributed by atoms with Crippen molar-refractivity contribution in [1.82, 2.24) is 10.2 Å². The second kappa shape index (κ2) is 9.55. The summed E-state index contributed by atoms with van der Waals surface area (Å²) in [6, 6.07) is 6.28. The fourth-order valence-electron chi connectivity index (χ4n) is 3.24. The van der Waals surface area contributed by atoms with Gasteiger partial charge < -0.3 is 25.0 Å². The Balaban J connectivity index is 2.20. The van der Waals surface area contributed by atoms with Crippen LogP contribution in [0.25, 0.3) is 0 Å². The molecular weight excluding hydrogens is 404 g/mol. The third-order valence-corrected chi connectivity index (χ3v) is 4.94. The molecule has 1 aromatic rings. The van der Waals surface area contributed by atoms with E-state index in [1.165, 1.54) is 4.90 Å². The van der Waals surface area contributed by atoms with Crippen molar-refractivity contribution in [2.75, 3.05) is 19.7 Å². The molecule has 1 atom stereocenters. The van der Waals surface area contributed by atoms with Crippen molar-refractivity contribution in [3.05, 3.63) is 35.4 Å². The first-order chi connectivity index (χ1) is 14.4. The van der Waals surface area contributed by atoms with E-state index in [1.807, 2.05) is 24.3 Å². The first kappa shape index (κ1) is 24.5. The van der Waals surface area contributed by atoms with Gasteiger partial charge in [-0.3, -0.25) is 4.90 Å². The van der Waals surface area contributed by atoms with Gasteiger partial charge >= 0.3 is 18.2 Å². The van der Waals surface area contributed by atoms with Crippen LogP contribution in [0.3, 0.4) is 0 Å². The second-order valence-corrected chi connectivity index (χ2v) is 9.04. The number of carbonyl (C=O) groups is 3. The lowest BCUT2D eigenvalue weighted by atomic mass is 9.85. The molecule has 3 N–H and O–H groups in total. The quantitative estimate of drug-likeness (QED) is 0.600. The van der Waals surface area contributed by atoms with Crippen LogP contribution in [-0.4, -0.2) is 64.6 Å². The van der Waals surface area contributed by atoms with Gasteiger partial charge in [0.05, 0.1) is 13.1 Å². The van der Waals surface area contributed by atoms with Gasteiger partial charge in [0.2, 0.25) is 0 Å². The number of rotatable bonds is 7. The predicted molar refractivity (Wildman–Crippen MR) is 113 cm³/mol. The van der Waals surface area contributed by atoms with E-state index in [-0.39, 0.29) is 19.5 Å². The number of likely N-dealkylation sites (tertiary alicyclic amines) is 1. The van der Waals surface area contributed by atoms with Gasteiger partial charge in [0.1, 0.15) is 11.6 Å². The van der Waals surface area contributed by atoms with Gasteiger partial charge in [0.15, 0.2) is 5.60 Å². The molecule has 1 heterocycles. The monoisotopic (exact) mass is 436 g/mol. The number of nitrogens with zero attached hydrogens (tertiary/aromatic N) is 1. The highest BCUT2D eigenvalue weighted by atomic mass is 16.6. The molecule has 31 heavy (non-hydrogen) atoms. The Hall–Kier alpha value is -2.81. The summed E-state index contributed by atoms with van der Waals surface area (Å²) in [6.07, 6.45) is -1.60. The zero-order valence-electron chi connectivity index (χ0n) is 18.7. The lowest BCUT2D eigenvalue weighted by Gasteiger charge is -2.49. The van der Waals surface area contributed by atoms with E-state index in [2.05, 4.69) is 19.2 Å². The van der Waals surface area contributed by atoms with Crippen LogP contribution in [0, 0.1) is 0 Å². The highest BCUT2D eigenvalue weighted by Crippen LogP contribution is 2.37. The van der Waals surface area contributed by atoms with Crippen LogP contribution in [0.2, 0.25) is 0 Å². The van der Waals surface area contributed by atoms with Crippen molar-refractivity contribution in [1.29, 1.82) is 0 Å². The van der Waals surface area contributed by atoms with Crippen molar-refractivity contribution >= 4 is 18.2 Å². The van der Waals surface area contributed by atoms with E-state index < -0.39 is 42.0 Å². The molecule has 9 heteroatoms. The second-order valence-electron chi connectivity index (χ2n) is 9.04. The van der Waals surface area contributed by atoms with E-state index in [1.54, 1.807) is 20.8 Å². The molecule has 2 amide bonds. The van der Waals surface area contributed by atoms with Gasteiger partial charge in [0, 0.05) is 13.0 Å². The van der Waals surface area contributed by atoms with Crippen LogP contribution in [0.1, 0.15) is 58.1 Å². The Morgan fingerprint density at radius 3 is 2.19 bits per heavy atom. The van der Waals surface area contributed by atoms with E-state index in [0.29, 0.717) is 11.5 Å². The number of amides is 2. The van der Waals surface area contributed by atoms with Crippen molar-refractivity contribution in [3.63, 3.8) is 0 Å². The van der Waals surface area contributed by atoms with Crippen molar-refractivity contribution in [2.24, 2.45) is 0 Å². The van der Waals surface area contributed by atoms with Crippen molar-refractivity contribution < 1.29 is 34.1 Å². The fraction of sp³-hybridized carbons (Fsp3) is 0.591. The Morgan fingerprint density at radius 2 is 1.74 bits per heavy atom. The maximum Gasteiger partial charge on any atom is 0.410 e. The number of aliphatic hydroxyl groups is 1. The van der Waals surface area contributed by atoms with Crippen LogP contribution in [0.15, 0.2) is 24.3 Å². The first-order valence-corrected chi connectivity index (χ1v) is 10.3. The van der Waals surface area contributed by atoms with Crippen LogP contribution in [0.4, 0.5) is 9.59 Å². The average Bonchev–Trinajstić information content (AvgIpc) is 2.62. The average molecular weight is 437 g/mol. The van der Waals surface area contributed by atoms with Gasteiger partial charge in [-0.2, -0.15) is 0 Å². The Labute approximate surface area is 182 Å². The number of alkyl carbamates (subject to hydrolysis) is 1. The number of hydrogen-bond donors (Lipinski definition) is 3. The smallest absolute Gasteiger partial charge is 0.410 e. The van der Waals surface area contributed by atoms with Crippen LogP contribution in [0.5, 0.6) is 0 Å². The Bertz CT molecular complexity index is 793. The Kier molecular flexibility index (Phi) is 7.54. The molecule has 1 unspecified atom stereocenters. The maximum absolute atomic E-state index is 12.5. The summed E-state index contributed by atoms with van der Waals surface area (Å²) in [7, 11) is 0. The van der Waals surface area contributed by atoms with E-state index in [9.17, 15) is 19.5 Å². The minimum absolute atomic E-state index is 0.0775. The van der Waals surface area contributed by atoms with Crippen LogP contribution in [-0.2, 0) is 19.9 Å². The number of aliphatic hydroxyl groups excluding tert-OH is 1. The number of aliphatic carboxylic acids is 1. The highest BCUT2D eigenvalue weighted by molar-refractivity contribution is 5.80. The molecule has 9 nitrogen and oxygen atoms in total. The third kappa shape index (κ3) is 6.33. The zero-order valence-corrected chi connectivity index (χ0v) is 18.7. The van der Waals surface area contributed by atoms with Crippen LogP contribution < -0.4 is 5.32 Å². The molecule has 0 saturated carbocycles. The normalized spacial score (nSPS) is 16.3. The summed E-state index contributed by atoms with van der Waals surface area (Å²) in [5.41, 5.74) is 0.0194. The Morgan fingerprint density at radius 1 is 1.16 bits per heavy atom. The minimum Gasteiger partial charge on any atom is -0.480 e. The molecule has 0 radical (unpaired) electrons. The summed E-state index contributed by atoms with van der Waals surface area (Å²) in [6.45, 7) is 9.18. The molecule has 1 fully saturated rings. The molecule has 1 aliphatic rings. The summed E-state index contributed by atoms with van der Waals surface area (Å²) in [5.74, 6) is -0.950. The summed E-state index contributed by atoms with van der Waals surface area (Å²) in [4.78, 5) is 37.6.